The second kappa shape index (κ2) is 10.7. The third-order valence-electron chi connectivity index (χ3n) is 7.01. The highest BCUT2D eigenvalue weighted by atomic mass is 35.5. The Kier molecular flexibility index (Phi) is 7.87. The molecule has 11 heteroatoms. The van der Waals surface area contributed by atoms with Crippen molar-refractivity contribution in [2.45, 2.75) is 38.3 Å². The van der Waals surface area contributed by atoms with Crippen LogP contribution < -0.4 is 4.74 Å². The number of nitrogens with zero attached hydrogens (tertiary/aromatic N) is 6. The molecule has 2 fully saturated rings. The van der Waals surface area contributed by atoms with Gasteiger partial charge in [0, 0.05) is 37.7 Å². The standard InChI is InChI=1S/C25H35ClN6O4/c1-19-13-20(5-6-21(19)26)35-16-25(14-22(33)30-9-7-29(4)8-10-30)15-31(11-12-36-25)23(34)24(2,3)32-18-27-17-28-32/h5-6,13,17-18H,7-12,14-16H2,1-4H3/t25-/m0/s1. The van der Waals surface area contributed by atoms with Gasteiger partial charge in [-0.1, -0.05) is 11.6 Å². The van der Waals surface area contributed by atoms with Crippen LogP contribution in [0.4, 0.5) is 0 Å². The number of amides is 2. The van der Waals surface area contributed by atoms with Crippen LogP contribution in [0.25, 0.3) is 0 Å². The topological polar surface area (TPSA) is 93.0 Å². The number of benzene rings is 1. The number of carbonyl (C=O) groups excluding carboxylic acids is 2. The molecule has 2 aromatic rings. The van der Waals surface area contributed by atoms with Gasteiger partial charge in [-0.25, -0.2) is 9.67 Å². The van der Waals surface area contributed by atoms with Crippen LogP contribution in [-0.2, 0) is 19.9 Å². The molecule has 0 saturated carbocycles. The van der Waals surface area contributed by atoms with Crippen molar-refractivity contribution < 1.29 is 19.1 Å². The maximum atomic E-state index is 13.6. The van der Waals surface area contributed by atoms with Crippen molar-refractivity contribution >= 4 is 23.4 Å². The second-order valence-corrected chi connectivity index (χ2v) is 10.6. The van der Waals surface area contributed by atoms with Gasteiger partial charge in [0.05, 0.1) is 19.6 Å². The van der Waals surface area contributed by atoms with E-state index in [4.69, 9.17) is 21.1 Å². The molecule has 1 aromatic carbocycles. The third kappa shape index (κ3) is 5.82. The maximum absolute atomic E-state index is 13.6. The summed E-state index contributed by atoms with van der Waals surface area (Å²) in [7, 11) is 2.05. The van der Waals surface area contributed by atoms with Gasteiger partial charge < -0.3 is 24.2 Å². The average molecular weight is 519 g/mol. The van der Waals surface area contributed by atoms with Crippen molar-refractivity contribution in [3.63, 3.8) is 0 Å². The Morgan fingerprint density at radius 2 is 1.92 bits per heavy atom. The Labute approximate surface area is 217 Å². The smallest absolute Gasteiger partial charge is 0.250 e. The number of morpholine rings is 1. The lowest BCUT2D eigenvalue weighted by Gasteiger charge is -2.45. The fraction of sp³-hybridized carbons (Fsp3) is 0.600. The van der Waals surface area contributed by atoms with Crippen LogP contribution in [0.3, 0.4) is 0 Å². The van der Waals surface area contributed by atoms with Crippen molar-refractivity contribution in [3.8, 4) is 5.75 Å². The van der Waals surface area contributed by atoms with Crippen LogP contribution in [0.15, 0.2) is 30.9 Å². The van der Waals surface area contributed by atoms with E-state index < -0.39 is 11.1 Å². The normalized spacial score (nSPS) is 21.5. The van der Waals surface area contributed by atoms with Gasteiger partial charge in [0.15, 0.2) is 0 Å². The van der Waals surface area contributed by atoms with E-state index in [9.17, 15) is 9.59 Å². The Bertz CT molecular complexity index is 1070. The minimum absolute atomic E-state index is 0.00354. The van der Waals surface area contributed by atoms with E-state index in [2.05, 4.69) is 22.0 Å². The van der Waals surface area contributed by atoms with Gasteiger partial charge in [0.1, 0.15) is 36.2 Å². The van der Waals surface area contributed by atoms with Crippen LogP contribution in [0.5, 0.6) is 5.75 Å². The summed E-state index contributed by atoms with van der Waals surface area (Å²) in [6.07, 6.45) is 3.07. The first-order valence-electron chi connectivity index (χ1n) is 12.2. The van der Waals surface area contributed by atoms with E-state index in [0.29, 0.717) is 37.0 Å². The molecule has 2 aliphatic heterocycles. The van der Waals surface area contributed by atoms with Gasteiger partial charge in [-0.3, -0.25) is 9.59 Å². The zero-order valence-electron chi connectivity index (χ0n) is 21.4. The van der Waals surface area contributed by atoms with E-state index in [1.807, 2.05) is 31.7 Å². The molecule has 1 aromatic heterocycles. The number of hydrogen-bond donors (Lipinski definition) is 0. The predicted octanol–water partition coefficient (Wildman–Crippen LogP) is 1.82. The SMILES string of the molecule is Cc1cc(OC[C@]2(CC(=O)N3CCN(C)CC3)CN(C(=O)C(C)(C)n3cncn3)CCO2)ccc1Cl. The molecule has 0 radical (unpaired) electrons. The minimum atomic E-state index is -0.986. The fourth-order valence-electron chi connectivity index (χ4n) is 4.61. The number of halogens is 1. The Hall–Kier alpha value is -2.69. The van der Waals surface area contributed by atoms with Gasteiger partial charge in [-0.05, 0) is 51.6 Å². The first-order chi connectivity index (χ1) is 17.1. The van der Waals surface area contributed by atoms with E-state index >= 15 is 0 Å². The summed E-state index contributed by atoms with van der Waals surface area (Å²) in [6.45, 7) is 9.61. The number of aromatic nitrogens is 3. The molecule has 0 unspecified atom stereocenters. The van der Waals surface area contributed by atoms with Gasteiger partial charge in [-0.15, -0.1) is 0 Å². The van der Waals surface area contributed by atoms with Crippen molar-refractivity contribution in [2.24, 2.45) is 0 Å². The van der Waals surface area contributed by atoms with Crippen molar-refractivity contribution in [1.29, 1.82) is 0 Å². The molecule has 2 amide bonds. The minimum Gasteiger partial charge on any atom is -0.490 e. The highest BCUT2D eigenvalue weighted by Crippen LogP contribution is 2.29. The van der Waals surface area contributed by atoms with Crippen LogP contribution in [0.1, 0.15) is 25.8 Å². The molecule has 0 bridgehead atoms. The molecule has 0 aliphatic carbocycles. The lowest BCUT2D eigenvalue weighted by Crippen LogP contribution is -2.61. The van der Waals surface area contributed by atoms with Gasteiger partial charge in [-0.2, -0.15) is 5.10 Å². The Morgan fingerprint density at radius 1 is 1.17 bits per heavy atom. The molecule has 2 aliphatic rings. The molecule has 36 heavy (non-hydrogen) atoms. The highest BCUT2D eigenvalue weighted by Gasteiger charge is 2.45. The number of rotatable bonds is 7. The Balaban J connectivity index is 1.54. The largest absolute Gasteiger partial charge is 0.490 e. The van der Waals surface area contributed by atoms with Gasteiger partial charge >= 0.3 is 0 Å². The van der Waals surface area contributed by atoms with E-state index in [1.165, 1.54) is 12.7 Å². The molecular formula is C25H35ClN6O4. The second-order valence-electron chi connectivity index (χ2n) is 10.2. The summed E-state index contributed by atoms with van der Waals surface area (Å²) >= 11 is 6.17. The zero-order valence-corrected chi connectivity index (χ0v) is 22.2. The summed E-state index contributed by atoms with van der Waals surface area (Å²) in [5, 5.41) is 4.83. The highest BCUT2D eigenvalue weighted by molar-refractivity contribution is 6.31. The number of hydrogen-bond acceptors (Lipinski definition) is 7. The Morgan fingerprint density at radius 3 is 2.58 bits per heavy atom. The van der Waals surface area contributed by atoms with Crippen LogP contribution in [0.2, 0.25) is 5.02 Å². The molecule has 2 saturated heterocycles. The quantitative estimate of drug-likeness (QED) is 0.552. The summed E-state index contributed by atoms with van der Waals surface area (Å²) in [5.41, 5.74) is -1.03. The molecule has 1 atom stereocenters. The molecule has 196 valence electrons. The number of ether oxygens (including phenoxy) is 2. The van der Waals surface area contributed by atoms with Crippen LogP contribution in [-0.4, -0.2) is 106 Å². The van der Waals surface area contributed by atoms with E-state index in [0.717, 1.165) is 18.7 Å². The summed E-state index contributed by atoms with van der Waals surface area (Å²) in [6, 6.07) is 5.44. The molecule has 10 nitrogen and oxygen atoms in total. The van der Waals surface area contributed by atoms with Crippen molar-refractivity contribution in [1.82, 2.24) is 29.5 Å². The summed E-state index contributed by atoms with van der Waals surface area (Å²) in [5.74, 6) is 0.525. The van der Waals surface area contributed by atoms with Crippen molar-refractivity contribution in [3.05, 3.63) is 41.4 Å². The number of carbonyl (C=O) groups is 2. The summed E-state index contributed by atoms with van der Waals surface area (Å²) < 4.78 is 14.0. The lowest BCUT2D eigenvalue weighted by molar-refractivity contribution is -0.170. The maximum Gasteiger partial charge on any atom is 0.250 e. The van der Waals surface area contributed by atoms with Gasteiger partial charge in [0.2, 0.25) is 11.8 Å². The molecule has 4 rings (SSSR count). The number of aryl methyl sites for hydroxylation is 1. The van der Waals surface area contributed by atoms with E-state index in [-0.39, 0.29) is 31.4 Å². The average Bonchev–Trinajstić information content (AvgIpc) is 3.41. The molecular weight excluding hydrogens is 484 g/mol. The monoisotopic (exact) mass is 518 g/mol. The molecule has 0 N–H and O–H groups in total. The van der Waals surface area contributed by atoms with Crippen molar-refractivity contribution in [2.75, 3.05) is 59.5 Å². The zero-order chi connectivity index (χ0) is 25.9. The van der Waals surface area contributed by atoms with Crippen LogP contribution >= 0.6 is 11.6 Å². The van der Waals surface area contributed by atoms with E-state index in [1.54, 1.807) is 21.7 Å². The third-order valence-corrected chi connectivity index (χ3v) is 7.44. The molecule has 0 spiro atoms. The predicted molar refractivity (Wildman–Crippen MR) is 135 cm³/mol. The lowest BCUT2D eigenvalue weighted by atomic mass is 9.94. The summed E-state index contributed by atoms with van der Waals surface area (Å²) in [4.78, 5) is 36.8. The first-order valence-corrected chi connectivity index (χ1v) is 12.6. The van der Waals surface area contributed by atoms with Gasteiger partial charge in [0.25, 0.3) is 0 Å². The van der Waals surface area contributed by atoms with Crippen LogP contribution in [0, 0.1) is 6.92 Å². The first kappa shape index (κ1) is 26.4. The fourth-order valence-corrected chi connectivity index (χ4v) is 4.73. The number of piperazine rings is 1. The number of likely N-dealkylation sites (N-methyl/N-ethyl adjacent to an activating group) is 1. The molecule has 3 heterocycles.